The summed E-state index contributed by atoms with van der Waals surface area (Å²) in [6.45, 7) is 2.33. The molecule has 2 aromatic rings. The number of hydrogen-bond donors (Lipinski definition) is 1. The van der Waals surface area contributed by atoms with Crippen molar-refractivity contribution in [3.63, 3.8) is 0 Å². The topological polar surface area (TPSA) is 46.2 Å². The highest BCUT2D eigenvalue weighted by Gasteiger charge is 2.28. The Morgan fingerprint density at radius 1 is 1.00 bits per heavy atom. The molecule has 1 atom stereocenters. The number of rotatable bonds is 5. The summed E-state index contributed by atoms with van der Waals surface area (Å²) < 4.78 is 25.6. The molecule has 0 spiro atoms. The van der Waals surface area contributed by atoms with Crippen LogP contribution in [0, 0.1) is 6.92 Å². The number of aryl methyl sites for hydroxylation is 1. The number of benzene rings is 2. The molecular formula is C16H19NO2S. The van der Waals surface area contributed by atoms with Crippen molar-refractivity contribution in [3.8, 4) is 0 Å². The lowest BCUT2D eigenvalue weighted by atomic mass is 10.1. The molecule has 0 aromatic heterocycles. The van der Waals surface area contributed by atoms with E-state index >= 15 is 0 Å². The summed E-state index contributed by atoms with van der Waals surface area (Å²) in [6, 6.07) is 16.3. The van der Waals surface area contributed by atoms with Crippen molar-refractivity contribution >= 4 is 9.84 Å². The van der Waals surface area contributed by atoms with Crippen LogP contribution in [0.15, 0.2) is 59.5 Å². The summed E-state index contributed by atoms with van der Waals surface area (Å²) in [5, 5.41) is 2.40. The third-order valence-corrected chi connectivity index (χ3v) is 5.40. The molecule has 0 bridgehead atoms. The molecular weight excluding hydrogens is 270 g/mol. The molecule has 1 unspecified atom stereocenters. The molecule has 0 aliphatic rings. The number of likely N-dealkylation sites (N-methyl/N-ethyl adjacent to an activating group) is 1. The average molecular weight is 289 g/mol. The zero-order valence-corrected chi connectivity index (χ0v) is 12.5. The molecule has 0 saturated carbocycles. The van der Waals surface area contributed by atoms with Crippen molar-refractivity contribution < 1.29 is 8.42 Å². The molecule has 0 aliphatic carbocycles. The van der Waals surface area contributed by atoms with E-state index in [0.717, 1.165) is 11.1 Å². The lowest BCUT2D eigenvalue weighted by molar-refractivity contribution is 0.576. The quantitative estimate of drug-likeness (QED) is 0.920. The van der Waals surface area contributed by atoms with E-state index in [9.17, 15) is 8.42 Å². The zero-order valence-electron chi connectivity index (χ0n) is 11.7. The second-order valence-corrected chi connectivity index (χ2v) is 6.95. The molecule has 20 heavy (non-hydrogen) atoms. The van der Waals surface area contributed by atoms with E-state index in [1.165, 1.54) is 0 Å². The Labute approximate surface area is 120 Å². The van der Waals surface area contributed by atoms with Gasteiger partial charge >= 0.3 is 0 Å². The third-order valence-electron chi connectivity index (χ3n) is 3.28. The van der Waals surface area contributed by atoms with Crippen molar-refractivity contribution in [2.45, 2.75) is 17.1 Å². The first kappa shape index (κ1) is 14.8. The summed E-state index contributed by atoms with van der Waals surface area (Å²) in [7, 11) is -1.63. The van der Waals surface area contributed by atoms with Gasteiger partial charge in [0.2, 0.25) is 0 Å². The molecule has 1 N–H and O–H groups in total. The van der Waals surface area contributed by atoms with Crippen LogP contribution in [0.5, 0.6) is 0 Å². The highest BCUT2D eigenvalue weighted by atomic mass is 32.2. The van der Waals surface area contributed by atoms with Crippen LogP contribution in [0.4, 0.5) is 0 Å². The van der Waals surface area contributed by atoms with Crippen LogP contribution in [-0.2, 0) is 9.84 Å². The molecule has 0 aliphatic heterocycles. The van der Waals surface area contributed by atoms with Gasteiger partial charge in [0.1, 0.15) is 5.25 Å². The van der Waals surface area contributed by atoms with Crippen LogP contribution < -0.4 is 5.32 Å². The SMILES string of the molecule is CNCC(c1ccccc1)S(=O)(=O)c1ccc(C)cc1. The standard InChI is InChI=1S/C16H19NO2S/c1-13-8-10-15(11-9-13)20(18,19)16(12-17-2)14-6-4-3-5-7-14/h3-11,16-17H,12H2,1-2H3. The fourth-order valence-corrected chi connectivity index (χ4v) is 3.90. The van der Waals surface area contributed by atoms with Crippen molar-refractivity contribution in [2.24, 2.45) is 0 Å². The van der Waals surface area contributed by atoms with E-state index in [-0.39, 0.29) is 0 Å². The Hall–Kier alpha value is -1.65. The van der Waals surface area contributed by atoms with Crippen molar-refractivity contribution in [1.82, 2.24) is 5.32 Å². The molecule has 0 amide bonds. The first-order valence-corrected chi connectivity index (χ1v) is 8.10. The summed E-state index contributed by atoms with van der Waals surface area (Å²) in [4.78, 5) is 0.368. The monoisotopic (exact) mass is 289 g/mol. The zero-order chi connectivity index (χ0) is 14.6. The molecule has 0 fully saturated rings. The first-order valence-electron chi connectivity index (χ1n) is 6.56. The summed E-state index contributed by atoms with van der Waals surface area (Å²) in [5.41, 5.74) is 1.86. The van der Waals surface area contributed by atoms with Gasteiger partial charge < -0.3 is 5.32 Å². The van der Waals surface area contributed by atoms with Crippen LogP contribution in [0.1, 0.15) is 16.4 Å². The molecule has 106 valence electrons. The van der Waals surface area contributed by atoms with Gasteiger partial charge in [-0.05, 0) is 31.7 Å². The van der Waals surface area contributed by atoms with E-state index in [1.807, 2.05) is 49.4 Å². The first-order chi connectivity index (χ1) is 9.55. The predicted molar refractivity (Wildman–Crippen MR) is 81.5 cm³/mol. The Kier molecular flexibility index (Phi) is 4.57. The fourth-order valence-electron chi connectivity index (χ4n) is 2.15. The Morgan fingerprint density at radius 3 is 2.15 bits per heavy atom. The van der Waals surface area contributed by atoms with E-state index in [1.54, 1.807) is 19.2 Å². The van der Waals surface area contributed by atoms with Gasteiger partial charge in [0.25, 0.3) is 0 Å². The molecule has 4 heteroatoms. The van der Waals surface area contributed by atoms with Gasteiger partial charge in [-0.3, -0.25) is 0 Å². The number of sulfone groups is 1. The van der Waals surface area contributed by atoms with E-state index < -0.39 is 15.1 Å². The second kappa shape index (κ2) is 6.20. The van der Waals surface area contributed by atoms with Crippen LogP contribution in [-0.4, -0.2) is 22.0 Å². The van der Waals surface area contributed by atoms with Crippen molar-refractivity contribution in [2.75, 3.05) is 13.6 Å². The highest BCUT2D eigenvalue weighted by Crippen LogP contribution is 2.28. The Balaban J connectivity index is 2.45. The van der Waals surface area contributed by atoms with E-state index in [4.69, 9.17) is 0 Å². The Bertz CT molecular complexity index is 649. The number of hydrogen-bond acceptors (Lipinski definition) is 3. The molecule has 2 rings (SSSR count). The van der Waals surface area contributed by atoms with Gasteiger partial charge in [-0.15, -0.1) is 0 Å². The maximum absolute atomic E-state index is 12.8. The summed E-state index contributed by atoms with van der Waals surface area (Å²) >= 11 is 0. The van der Waals surface area contributed by atoms with Gasteiger partial charge in [-0.2, -0.15) is 0 Å². The Morgan fingerprint density at radius 2 is 1.60 bits per heavy atom. The molecule has 0 saturated heterocycles. The molecule has 0 heterocycles. The average Bonchev–Trinajstić information content (AvgIpc) is 2.46. The van der Waals surface area contributed by atoms with Gasteiger partial charge in [0.15, 0.2) is 9.84 Å². The third kappa shape index (κ3) is 3.08. The van der Waals surface area contributed by atoms with E-state index in [0.29, 0.717) is 11.4 Å². The van der Waals surface area contributed by atoms with Gasteiger partial charge in [0, 0.05) is 6.54 Å². The number of nitrogens with one attached hydrogen (secondary N) is 1. The van der Waals surface area contributed by atoms with Crippen LogP contribution in [0.25, 0.3) is 0 Å². The minimum atomic E-state index is -3.40. The second-order valence-electron chi connectivity index (χ2n) is 4.82. The van der Waals surface area contributed by atoms with Crippen LogP contribution >= 0.6 is 0 Å². The molecule has 3 nitrogen and oxygen atoms in total. The minimum Gasteiger partial charge on any atom is -0.318 e. The molecule has 0 radical (unpaired) electrons. The van der Waals surface area contributed by atoms with E-state index in [2.05, 4.69) is 5.32 Å². The van der Waals surface area contributed by atoms with Gasteiger partial charge in [-0.25, -0.2) is 8.42 Å². The predicted octanol–water partition coefficient (Wildman–Crippen LogP) is 2.73. The van der Waals surface area contributed by atoms with Crippen LogP contribution in [0.3, 0.4) is 0 Å². The lowest BCUT2D eigenvalue weighted by Crippen LogP contribution is -2.24. The van der Waals surface area contributed by atoms with Crippen LogP contribution in [0.2, 0.25) is 0 Å². The van der Waals surface area contributed by atoms with Crippen molar-refractivity contribution in [3.05, 3.63) is 65.7 Å². The van der Waals surface area contributed by atoms with Gasteiger partial charge in [-0.1, -0.05) is 48.0 Å². The van der Waals surface area contributed by atoms with Gasteiger partial charge in [0.05, 0.1) is 4.90 Å². The highest BCUT2D eigenvalue weighted by molar-refractivity contribution is 7.91. The fraction of sp³-hybridized carbons (Fsp3) is 0.250. The smallest absolute Gasteiger partial charge is 0.186 e. The summed E-state index contributed by atoms with van der Waals surface area (Å²) in [6.07, 6.45) is 0. The molecule has 2 aromatic carbocycles. The maximum atomic E-state index is 12.8. The van der Waals surface area contributed by atoms with Crippen molar-refractivity contribution in [1.29, 1.82) is 0 Å². The maximum Gasteiger partial charge on any atom is 0.186 e. The summed E-state index contributed by atoms with van der Waals surface area (Å²) in [5.74, 6) is 0. The largest absolute Gasteiger partial charge is 0.318 e. The minimum absolute atomic E-state index is 0.368. The normalized spacial score (nSPS) is 13.1. The lowest BCUT2D eigenvalue weighted by Gasteiger charge is -2.18.